The normalized spacial score (nSPS) is 10.4. The Kier molecular flexibility index (Phi) is 8.11. The van der Waals surface area contributed by atoms with Crippen LogP contribution in [0.15, 0.2) is 24.3 Å². The Hall–Kier alpha value is -2.76. The molecule has 0 unspecified atom stereocenters. The summed E-state index contributed by atoms with van der Waals surface area (Å²) in [5.41, 5.74) is 2.30. The van der Waals surface area contributed by atoms with E-state index < -0.39 is 0 Å². The number of rotatable bonds is 11. The Bertz CT molecular complexity index is 656. The number of methoxy groups -OCH3 is 6. The fourth-order valence-electron chi connectivity index (χ4n) is 3.22. The first kappa shape index (κ1) is 21.5. The van der Waals surface area contributed by atoms with Crippen LogP contribution < -0.4 is 28.4 Å². The Balaban J connectivity index is 2.03. The molecule has 0 aliphatic heterocycles. The zero-order chi connectivity index (χ0) is 20.5. The molecule has 2 rings (SSSR count). The summed E-state index contributed by atoms with van der Waals surface area (Å²) in [7, 11) is 9.74. The quantitative estimate of drug-likeness (QED) is 0.533. The average molecular weight is 390 g/mol. The van der Waals surface area contributed by atoms with Gasteiger partial charge < -0.3 is 28.4 Å². The number of ether oxygens (including phenoxy) is 6. The molecule has 0 bridgehead atoms. The molecule has 6 nitrogen and oxygen atoms in total. The van der Waals surface area contributed by atoms with Crippen LogP contribution in [0, 0.1) is 0 Å². The van der Waals surface area contributed by atoms with Crippen molar-refractivity contribution in [2.24, 2.45) is 0 Å². The van der Waals surface area contributed by atoms with Gasteiger partial charge in [-0.2, -0.15) is 0 Å². The summed E-state index contributed by atoms with van der Waals surface area (Å²) >= 11 is 0. The van der Waals surface area contributed by atoms with Crippen molar-refractivity contribution >= 4 is 0 Å². The Morgan fingerprint density at radius 2 is 0.750 bits per heavy atom. The third kappa shape index (κ3) is 4.94. The molecule has 0 aliphatic rings. The Morgan fingerprint density at radius 3 is 0.964 bits per heavy atom. The maximum atomic E-state index is 5.42. The fraction of sp³-hybridized carbons (Fsp3) is 0.455. The van der Waals surface area contributed by atoms with Crippen molar-refractivity contribution in [3.63, 3.8) is 0 Å². The number of aryl methyl sites for hydroxylation is 2. The van der Waals surface area contributed by atoms with E-state index in [0.717, 1.165) is 36.8 Å². The van der Waals surface area contributed by atoms with E-state index in [1.54, 1.807) is 42.7 Å². The lowest BCUT2D eigenvalue weighted by Gasteiger charge is -2.15. The number of benzene rings is 2. The first-order chi connectivity index (χ1) is 13.6. The van der Waals surface area contributed by atoms with E-state index in [9.17, 15) is 0 Å². The zero-order valence-electron chi connectivity index (χ0n) is 17.6. The maximum Gasteiger partial charge on any atom is 0.203 e. The lowest BCUT2D eigenvalue weighted by Crippen LogP contribution is -1.98. The first-order valence-corrected chi connectivity index (χ1v) is 9.19. The molecule has 0 amide bonds. The molecule has 0 saturated heterocycles. The second-order valence-electron chi connectivity index (χ2n) is 6.27. The van der Waals surface area contributed by atoms with Crippen LogP contribution in [0.4, 0.5) is 0 Å². The molecule has 0 atom stereocenters. The van der Waals surface area contributed by atoms with Crippen LogP contribution in [0.1, 0.15) is 24.0 Å². The standard InChI is InChI=1S/C22H30O6/c1-23-17-11-15(12-18(24-2)21(17)27-5)9-7-8-10-16-13-19(25-3)22(28-6)20(14-16)26-4/h11-14H,7-10H2,1-6H3. The average Bonchev–Trinajstić information content (AvgIpc) is 2.74. The van der Waals surface area contributed by atoms with Gasteiger partial charge in [0.1, 0.15) is 0 Å². The highest BCUT2D eigenvalue weighted by Crippen LogP contribution is 2.39. The molecule has 0 aromatic heterocycles. The predicted octanol–water partition coefficient (Wildman–Crippen LogP) is 4.30. The van der Waals surface area contributed by atoms with Crippen LogP contribution in [0.5, 0.6) is 34.5 Å². The maximum absolute atomic E-state index is 5.42. The minimum Gasteiger partial charge on any atom is -0.493 e. The van der Waals surface area contributed by atoms with Gasteiger partial charge in [-0.15, -0.1) is 0 Å². The van der Waals surface area contributed by atoms with Crippen LogP contribution in [-0.2, 0) is 12.8 Å². The van der Waals surface area contributed by atoms with Gasteiger partial charge in [0.05, 0.1) is 42.7 Å². The van der Waals surface area contributed by atoms with E-state index in [-0.39, 0.29) is 0 Å². The highest BCUT2D eigenvalue weighted by molar-refractivity contribution is 5.54. The summed E-state index contributed by atoms with van der Waals surface area (Å²) in [6, 6.07) is 8.00. The molecule has 0 aliphatic carbocycles. The number of hydrogen-bond acceptors (Lipinski definition) is 6. The molecule has 28 heavy (non-hydrogen) atoms. The van der Waals surface area contributed by atoms with Crippen molar-refractivity contribution in [3.8, 4) is 34.5 Å². The fourth-order valence-corrected chi connectivity index (χ4v) is 3.22. The summed E-state index contributed by atoms with van der Waals surface area (Å²) in [6.07, 6.45) is 3.88. The van der Waals surface area contributed by atoms with E-state index in [1.807, 2.05) is 24.3 Å². The van der Waals surface area contributed by atoms with E-state index >= 15 is 0 Å². The molecule has 0 N–H and O–H groups in total. The first-order valence-electron chi connectivity index (χ1n) is 9.19. The van der Waals surface area contributed by atoms with Gasteiger partial charge in [0.25, 0.3) is 0 Å². The molecule has 0 heterocycles. The van der Waals surface area contributed by atoms with Crippen LogP contribution in [0.2, 0.25) is 0 Å². The summed E-state index contributed by atoms with van der Waals surface area (Å²) in [5, 5.41) is 0. The molecule has 0 radical (unpaired) electrons. The monoisotopic (exact) mass is 390 g/mol. The lowest BCUT2D eigenvalue weighted by molar-refractivity contribution is 0.323. The lowest BCUT2D eigenvalue weighted by atomic mass is 10.0. The van der Waals surface area contributed by atoms with Gasteiger partial charge >= 0.3 is 0 Å². The third-order valence-corrected chi connectivity index (χ3v) is 4.63. The minimum absolute atomic E-state index is 0.617. The second-order valence-corrected chi connectivity index (χ2v) is 6.27. The highest BCUT2D eigenvalue weighted by atomic mass is 16.5. The minimum atomic E-state index is 0.617. The zero-order valence-corrected chi connectivity index (χ0v) is 17.6. The van der Waals surface area contributed by atoms with Crippen molar-refractivity contribution in [3.05, 3.63) is 35.4 Å². The number of hydrogen-bond donors (Lipinski definition) is 0. The van der Waals surface area contributed by atoms with Gasteiger partial charge in [0.2, 0.25) is 11.5 Å². The highest BCUT2D eigenvalue weighted by Gasteiger charge is 2.14. The topological polar surface area (TPSA) is 55.4 Å². The van der Waals surface area contributed by atoms with Gasteiger partial charge in [-0.1, -0.05) is 0 Å². The van der Waals surface area contributed by atoms with Crippen LogP contribution >= 0.6 is 0 Å². The largest absolute Gasteiger partial charge is 0.493 e. The summed E-state index contributed by atoms with van der Waals surface area (Å²) in [6.45, 7) is 0. The molecule has 154 valence electrons. The smallest absolute Gasteiger partial charge is 0.203 e. The molecular formula is C22H30O6. The Labute approximate surface area is 167 Å². The molecular weight excluding hydrogens is 360 g/mol. The molecule has 2 aromatic rings. The van der Waals surface area contributed by atoms with Crippen LogP contribution in [-0.4, -0.2) is 42.7 Å². The van der Waals surface area contributed by atoms with E-state index in [4.69, 9.17) is 28.4 Å². The van der Waals surface area contributed by atoms with Crippen molar-refractivity contribution in [2.75, 3.05) is 42.7 Å². The van der Waals surface area contributed by atoms with Gasteiger partial charge in [0, 0.05) is 0 Å². The van der Waals surface area contributed by atoms with Gasteiger partial charge in [-0.25, -0.2) is 0 Å². The molecule has 6 heteroatoms. The second kappa shape index (κ2) is 10.5. The summed E-state index contributed by atoms with van der Waals surface area (Å²) in [5.74, 6) is 3.96. The SMILES string of the molecule is COc1cc(CCCCc2cc(OC)c(OC)c(OC)c2)cc(OC)c1OC. The van der Waals surface area contributed by atoms with Crippen molar-refractivity contribution in [1.29, 1.82) is 0 Å². The van der Waals surface area contributed by atoms with E-state index in [2.05, 4.69) is 0 Å². The van der Waals surface area contributed by atoms with Gasteiger partial charge in [-0.3, -0.25) is 0 Å². The summed E-state index contributed by atoms with van der Waals surface area (Å²) in [4.78, 5) is 0. The third-order valence-electron chi connectivity index (χ3n) is 4.63. The van der Waals surface area contributed by atoms with Crippen LogP contribution in [0.25, 0.3) is 0 Å². The van der Waals surface area contributed by atoms with Crippen molar-refractivity contribution < 1.29 is 28.4 Å². The van der Waals surface area contributed by atoms with E-state index in [0.29, 0.717) is 34.5 Å². The summed E-state index contributed by atoms with van der Waals surface area (Å²) < 4.78 is 32.4. The molecule has 0 spiro atoms. The Morgan fingerprint density at radius 1 is 0.464 bits per heavy atom. The van der Waals surface area contributed by atoms with Gasteiger partial charge in [-0.05, 0) is 61.1 Å². The van der Waals surface area contributed by atoms with Gasteiger partial charge in [0.15, 0.2) is 23.0 Å². The van der Waals surface area contributed by atoms with Crippen molar-refractivity contribution in [2.45, 2.75) is 25.7 Å². The molecule has 0 fully saturated rings. The molecule has 0 saturated carbocycles. The number of unbranched alkanes of at least 4 members (excludes halogenated alkanes) is 1. The molecule has 2 aromatic carbocycles. The predicted molar refractivity (Wildman–Crippen MR) is 109 cm³/mol. The van der Waals surface area contributed by atoms with Crippen molar-refractivity contribution in [1.82, 2.24) is 0 Å². The van der Waals surface area contributed by atoms with E-state index in [1.165, 1.54) is 0 Å². The van der Waals surface area contributed by atoms with Crippen LogP contribution in [0.3, 0.4) is 0 Å².